The molecule has 0 spiro atoms. The van der Waals surface area contributed by atoms with E-state index in [0.717, 1.165) is 12.8 Å². The van der Waals surface area contributed by atoms with Gasteiger partial charge in [0.1, 0.15) is 5.82 Å². The molecule has 0 radical (unpaired) electrons. The van der Waals surface area contributed by atoms with Crippen molar-refractivity contribution in [3.05, 3.63) is 71.0 Å². The van der Waals surface area contributed by atoms with E-state index in [2.05, 4.69) is 31.2 Å². The summed E-state index contributed by atoms with van der Waals surface area (Å²) < 4.78 is 13.5. The molecule has 0 nitrogen and oxygen atoms in total. The normalized spacial score (nSPS) is 12.4. The first-order valence-electron chi connectivity index (χ1n) is 6.58. The fourth-order valence-corrected chi connectivity index (χ4v) is 2.47. The van der Waals surface area contributed by atoms with E-state index >= 15 is 0 Å². The number of aryl methyl sites for hydroxylation is 2. The molecule has 2 aromatic carbocycles. The van der Waals surface area contributed by atoms with Crippen molar-refractivity contribution < 1.29 is 4.39 Å². The van der Waals surface area contributed by atoms with Crippen molar-refractivity contribution >= 4 is 11.6 Å². The van der Waals surface area contributed by atoms with Crippen molar-refractivity contribution in [2.75, 3.05) is 0 Å². The van der Waals surface area contributed by atoms with Gasteiger partial charge in [-0.1, -0.05) is 48.0 Å². The van der Waals surface area contributed by atoms with E-state index in [-0.39, 0.29) is 11.2 Å². The molecule has 0 aliphatic rings. The Morgan fingerprint density at radius 1 is 1.11 bits per heavy atom. The van der Waals surface area contributed by atoms with Gasteiger partial charge in [-0.3, -0.25) is 0 Å². The molecule has 0 bridgehead atoms. The van der Waals surface area contributed by atoms with Crippen LogP contribution in [0.1, 0.15) is 23.1 Å². The quantitative estimate of drug-likeness (QED) is 0.680. The lowest BCUT2D eigenvalue weighted by Gasteiger charge is -2.10. The van der Waals surface area contributed by atoms with E-state index in [1.807, 2.05) is 6.07 Å². The van der Waals surface area contributed by atoms with Gasteiger partial charge in [-0.15, -0.1) is 11.6 Å². The predicted molar refractivity (Wildman–Crippen MR) is 79.2 cm³/mol. The average molecular weight is 277 g/mol. The Balaban J connectivity index is 1.88. The van der Waals surface area contributed by atoms with E-state index in [9.17, 15) is 4.39 Å². The molecule has 2 heteroatoms. The maximum atomic E-state index is 13.5. The van der Waals surface area contributed by atoms with Crippen LogP contribution < -0.4 is 0 Å². The molecule has 100 valence electrons. The highest BCUT2D eigenvalue weighted by molar-refractivity contribution is 6.20. The van der Waals surface area contributed by atoms with Gasteiger partial charge in [0.25, 0.3) is 0 Å². The van der Waals surface area contributed by atoms with Crippen LogP contribution in [0, 0.1) is 12.7 Å². The molecule has 0 saturated heterocycles. The van der Waals surface area contributed by atoms with Gasteiger partial charge in [0.2, 0.25) is 0 Å². The van der Waals surface area contributed by atoms with E-state index in [4.69, 9.17) is 11.6 Å². The fraction of sp³-hybridized carbons (Fsp3) is 0.294. The lowest BCUT2D eigenvalue weighted by atomic mass is 10.0. The molecule has 0 heterocycles. The molecule has 2 aromatic rings. The third-order valence-corrected chi connectivity index (χ3v) is 3.60. The average Bonchev–Trinajstić information content (AvgIpc) is 2.39. The van der Waals surface area contributed by atoms with E-state index in [0.29, 0.717) is 12.0 Å². The highest BCUT2D eigenvalue weighted by Crippen LogP contribution is 2.17. The first-order valence-corrected chi connectivity index (χ1v) is 7.02. The summed E-state index contributed by atoms with van der Waals surface area (Å²) in [6, 6.07) is 15.3. The van der Waals surface area contributed by atoms with Crippen molar-refractivity contribution in [2.24, 2.45) is 0 Å². The standard InChI is InChI=1S/C17H18ClF/c1-13-5-4-6-14(11-13)9-10-16(18)12-15-7-2-3-8-17(15)19/h2-8,11,16H,9-10,12H2,1H3. The molecule has 0 N–H and O–H groups in total. The molecular formula is C17H18ClF. The Bertz CT molecular complexity index is 536. The van der Waals surface area contributed by atoms with E-state index in [1.165, 1.54) is 17.2 Å². The second kappa shape index (κ2) is 6.72. The van der Waals surface area contributed by atoms with E-state index < -0.39 is 0 Å². The number of halogens is 2. The molecule has 0 fully saturated rings. The largest absolute Gasteiger partial charge is 0.207 e. The summed E-state index contributed by atoms with van der Waals surface area (Å²) in [5.74, 6) is -0.163. The van der Waals surface area contributed by atoms with Crippen LogP contribution in [-0.4, -0.2) is 5.38 Å². The number of hydrogen-bond donors (Lipinski definition) is 0. The van der Waals surface area contributed by atoms with Crippen molar-refractivity contribution in [1.82, 2.24) is 0 Å². The van der Waals surface area contributed by atoms with Gasteiger partial charge >= 0.3 is 0 Å². The summed E-state index contributed by atoms with van der Waals surface area (Å²) in [5.41, 5.74) is 3.25. The third kappa shape index (κ3) is 4.36. The molecule has 0 aromatic heterocycles. The van der Waals surface area contributed by atoms with Crippen LogP contribution in [0.2, 0.25) is 0 Å². The van der Waals surface area contributed by atoms with Crippen molar-refractivity contribution in [3.8, 4) is 0 Å². The second-order valence-electron chi connectivity index (χ2n) is 4.92. The van der Waals surface area contributed by atoms with Gasteiger partial charge < -0.3 is 0 Å². The summed E-state index contributed by atoms with van der Waals surface area (Å²) in [4.78, 5) is 0. The zero-order chi connectivity index (χ0) is 13.7. The molecule has 1 unspecified atom stereocenters. The highest BCUT2D eigenvalue weighted by Gasteiger charge is 2.09. The van der Waals surface area contributed by atoms with Crippen LogP contribution in [0.3, 0.4) is 0 Å². The lowest BCUT2D eigenvalue weighted by molar-refractivity contribution is 0.601. The van der Waals surface area contributed by atoms with Gasteiger partial charge in [0.05, 0.1) is 0 Å². The number of hydrogen-bond acceptors (Lipinski definition) is 0. The predicted octanol–water partition coefficient (Wildman–Crippen LogP) is 4.92. The Labute approximate surface area is 119 Å². The fourth-order valence-electron chi connectivity index (χ4n) is 2.20. The van der Waals surface area contributed by atoms with Crippen LogP contribution in [-0.2, 0) is 12.8 Å². The van der Waals surface area contributed by atoms with Crippen molar-refractivity contribution in [3.63, 3.8) is 0 Å². The Hall–Kier alpha value is -1.34. The zero-order valence-corrected chi connectivity index (χ0v) is 11.8. The molecule has 1 atom stereocenters. The summed E-state index contributed by atoms with van der Waals surface area (Å²) in [6.07, 6.45) is 2.38. The maximum Gasteiger partial charge on any atom is 0.126 e. The minimum absolute atomic E-state index is 0.0302. The zero-order valence-electron chi connectivity index (χ0n) is 11.1. The number of rotatable bonds is 5. The molecule has 19 heavy (non-hydrogen) atoms. The van der Waals surface area contributed by atoms with Gasteiger partial charge in [-0.25, -0.2) is 4.39 Å². The first-order chi connectivity index (χ1) is 9.15. The SMILES string of the molecule is Cc1cccc(CCC(Cl)Cc2ccccc2F)c1. The molecule has 0 saturated carbocycles. The summed E-state index contributed by atoms with van der Waals surface area (Å²) in [6.45, 7) is 2.08. The Kier molecular flexibility index (Phi) is 4.98. The summed E-state index contributed by atoms with van der Waals surface area (Å²) in [7, 11) is 0. The third-order valence-electron chi connectivity index (χ3n) is 3.23. The highest BCUT2D eigenvalue weighted by atomic mass is 35.5. The summed E-state index contributed by atoms with van der Waals surface area (Å²) in [5, 5.41) is -0.0302. The van der Waals surface area contributed by atoms with Crippen LogP contribution in [0.15, 0.2) is 48.5 Å². The molecule has 2 rings (SSSR count). The van der Waals surface area contributed by atoms with Crippen LogP contribution in [0.25, 0.3) is 0 Å². The Morgan fingerprint density at radius 2 is 1.89 bits per heavy atom. The van der Waals surface area contributed by atoms with Crippen LogP contribution in [0.4, 0.5) is 4.39 Å². The molecule has 0 aliphatic carbocycles. The molecule has 0 amide bonds. The van der Waals surface area contributed by atoms with E-state index in [1.54, 1.807) is 12.1 Å². The minimum Gasteiger partial charge on any atom is -0.207 e. The topological polar surface area (TPSA) is 0 Å². The smallest absolute Gasteiger partial charge is 0.126 e. The van der Waals surface area contributed by atoms with Crippen LogP contribution >= 0.6 is 11.6 Å². The number of benzene rings is 2. The summed E-state index contributed by atoms with van der Waals surface area (Å²) >= 11 is 6.31. The molecule has 0 aliphatic heterocycles. The van der Waals surface area contributed by atoms with Crippen molar-refractivity contribution in [2.45, 2.75) is 31.6 Å². The first kappa shape index (κ1) is 14.1. The maximum absolute atomic E-state index is 13.5. The molecular weight excluding hydrogens is 259 g/mol. The van der Waals surface area contributed by atoms with Gasteiger partial charge in [0, 0.05) is 5.38 Å². The lowest BCUT2D eigenvalue weighted by Crippen LogP contribution is -2.06. The van der Waals surface area contributed by atoms with Crippen molar-refractivity contribution in [1.29, 1.82) is 0 Å². The minimum atomic E-state index is -0.163. The second-order valence-corrected chi connectivity index (χ2v) is 5.54. The number of alkyl halides is 1. The van der Waals surface area contributed by atoms with Gasteiger partial charge in [0.15, 0.2) is 0 Å². The Morgan fingerprint density at radius 3 is 2.63 bits per heavy atom. The van der Waals surface area contributed by atoms with Gasteiger partial charge in [-0.05, 0) is 43.4 Å². The monoisotopic (exact) mass is 276 g/mol. The van der Waals surface area contributed by atoms with Gasteiger partial charge in [-0.2, -0.15) is 0 Å². The van der Waals surface area contributed by atoms with Crippen LogP contribution in [0.5, 0.6) is 0 Å².